The Labute approximate surface area is 152 Å². The maximum atomic E-state index is 12.1. The number of aliphatic hydroxyl groups is 1. The first kappa shape index (κ1) is 18.4. The molecule has 0 aliphatic carbocycles. The summed E-state index contributed by atoms with van der Waals surface area (Å²) in [4.78, 5) is 16.7. The Morgan fingerprint density at radius 2 is 2.12 bits per heavy atom. The number of nitrogens with one attached hydrogen (secondary N) is 2. The predicted octanol–water partition coefficient (Wildman–Crippen LogP) is 0.837. The van der Waals surface area contributed by atoms with E-state index in [1.807, 2.05) is 0 Å². The molecule has 2 aliphatic rings. The smallest absolute Gasteiger partial charge is 0.319 e. The molecule has 7 nitrogen and oxygen atoms in total. The number of urea groups is 1. The van der Waals surface area contributed by atoms with Crippen molar-refractivity contribution in [2.24, 2.45) is 0 Å². The Morgan fingerprint density at radius 1 is 1.36 bits per heavy atom. The second kappa shape index (κ2) is 8.33. The van der Waals surface area contributed by atoms with Crippen molar-refractivity contribution in [1.82, 2.24) is 15.1 Å². The highest BCUT2D eigenvalue weighted by molar-refractivity contribution is 6.30. The molecule has 25 heavy (non-hydrogen) atoms. The molecule has 0 bridgehead atoms. The van der Waals surface area contributed by atoms with Crippen molar-refractivity contribution < 1.29 is 14.6 Å². The Hall–Kier alpha value is -1.38. The predicted molar refractivity (Wildman–Crippen MR) is 97.1 cm³/mol. The van der Waals surface area contributed by atoms with Crippen LogP contribution < -0.4 is 10.6 Å². The minimum absolute atomic E-state index is 0.278. The molecule has 1 aromatic carbocycles. The second-order valence-corrected chi connectivity index (χ2v) is 7.12. The van der Waals surface area contributed by atoms with Crippen LogP contribution in [-0.2, 0) is 4.74 Å². The highest BCUT2D eigenvalue weighted by atomic mass is 35.5. The van der Waals surface area contributed by atoms with Crippen molar-refractivity contribution in [1.29, 1.82) is 0 Å². The molecule has 2 saturated heterocycles. The molecule has 2 aliphatic heterocycles. The van der Waals surface area contributed by atoms with Crippen LogP contribution >= 0.6 is 11.6 Å². The summed E-state index contributed by atoms with van der Waals surface area (Å²) in [6, 6.07) is 6.12. The maximum Gasteiger partial charge on any atom is 0.319 e. The normalized spacial score (nSPS) is 28.0. The van der Waals surface area contributed by atoms with Gasteiger partial charge in [-0.2, -0.15) is 0 Å². The van der Waals surface area contributed by atoms with E-state index in [0.717, 1.165) is 26.2 Å². The molecule has 3 atom stereocenters. The van der Waals surface area contributed by atoms with E-state index in [0.29, 0.717) is 23.9 Å². The first-order valence-corrected chi connectivity index (χ1v) is 8.93. The Balaban J connectivity index is 1.46. The number of hydrogen-bond donors (Lipinski definition) is 3. The average molecular weight is 369 g/mol. The molecule has 0 saturated carbocycles. The van der Waals surface area contributed by atoms with Gasteiger partial charge >= 0.3 is 6.03 Å². The van der Waals surface area contributed by atoms with Crippen molar-refractivity contribution in [3.63, 3.8) is 0 Å². The third-order valence-electron chi connectivity index (χ3n) is 4.72. The number of ether oxygens (including phenoxy) is 1. The van der Waals surface area contributed by atoms with Crippen molar-refractivity contribution in [3.8, 4) is 0 Å². The molecule has 1 aromatic rings. The Morgan fingerprint density at radius 3 is 2.84 bits per heavy atom. The molecule has 2 amide bonds. The number of amides is 2. The van der Waals surface area contributed by atoms with E-state index in [-0.39, 0.29) is 12.1 Å². The standard InChI is InChI=1S/C17H25ClN4O3/c1-21-5-7-22(8-6-21)10-15-16(23)14(11-25-15)20-17(24)19-13-4-2-3-12(18)9-13/h2-4,9,14-16,23H,5-8,10-11H2,1H3,(H2,19,20,24). The molecule has 3 rings (SSSR count). The van der Waals surface area contributed by atoms with E-state index in [2.05, 4.69) is 27.5 Å². The molecule has 2 heterocycles. The minimum atomic E-state index is -0.718. The molecule has 138 valence electrons. The van der Waals surface area contributed by atoms with Gasteiger partial charge in [0, 0.05) is 43.4 Å². The third kappa shape index (κ3) is 5.05. The number of aliphatic hydroxyl groups excluding tert-OH is 1. The number of carbonyl (C=O) groups is 1. The van der Waals surface area contributed by atoms with Crippen LogP contribution in [0.15, 0.2) is 24.3 Å². The number of rotatable bonds is 4. The molecular weight excluding hydrogens is 344 g/mol. The number of likely N-dealkylation sites (N-methyl/N-ethyl adjacent to an activating group) is 1. The molecular formula is C17H25ClN4O3. The van der Waals surface area contributed by atoms with E-state index >= 15 is 0 Å². The van der Waals surface area contributed by atoms with Gasteiger partial charge in [0.15, 0.2) is 0 Å². The van der Waals surface area contributed by atoms with Gasteiger partial charge in [-0.1, -0.05) is 17.7 Å². The summed E-state index contributed by atoms with van der Waals surface area (Å²) in [5.74, 6) is 0. The van der Waals surface area contributed by atoms with Crippen LogP contribution in [0, 0.1) is 0 Å². The zero-order valence-electron chi connectivity index (χ0n) is 14.3. The number of halogens is 1. The van der Waals surface area contributed by atoms with Gasteiger partial charge in [0.05, 0.1) is 18.8 Å². The van der Waals surface area contributed by atoms with Crippen molar-refractivity contribution in [2.45, 2.75) is 18.2 Å². The molecule has 3 N–H and O–H groups in total. The Bertz CT molecular complexity index is 595. The summed E-state index contributed by atoms with van der Waals surface area (Å²) in [5.41, 5.74) is 0.604. The number of hydrogen-bond acceptors (Lipinski definition) is 5. The van der Waals surface area contributed by atoms with E-state index in [9.17, 15) is 9.90 Å². The quantitative estimate of drug-likeness (QED) is 0.734. The fourth-order valence-electron chi connectivity index (χ4n) is 3.16. The molecule has 8 heteroatoms. The third-order valence-corrected chi connectivity index (χ3v) is 4.95. The number of nitrogens with zero attached hydrogens (tertiary/aromatic N) is 2. The summed E-state index contributed by atoms with van der Waals surface area (Å²) in [5, 5.41) is 16.5. The van der Waals surface area contributed by atoms with Gasteiger partial charge in [0.2, 0.25) is 0 Å². The van der Waals surface area contributed by atoms with Gasteiger partial charge in [0.1, 0.15) is 6.10 Å². The number of carbonyl (C=O) groups excluding carboxylic acids is 1. The summed E-state index contributed by atoms with van der Waals surface area (Å²) in [7, 11) is 2.11. The van der Waals surface area contributed by atoms with Crippen LogP contribution in [-0.4, -0.2) is 85.6 Å². The molecule has 2 fully saturated rings. The lowest BCUT2D eigenvalue weighted by molar-refractivity contribution is 0.00623. The van der Waals surface area contributed by atoms with Gasteiger partial charge < -0.3 is 25.4 Å². The largest absolute Gasteiger partial charge is 0.388 e. The maximum absolute atomic E-state index is 12.1. The lowest BCUT2D eigenvalue weighted by Crippen LogP contribution is -2.51. The van der Waals surface area contributed by atoms with Gasteiger partial charge in [-0.15, -0.1) is 0 Å². The minimum Gasteiger partial charge on any atom is -0.388 e. The molecule has 0 radical (unpaired) electrons. The van der Waals surface area contributed by atoms with Crippen molar-refractivity contribution >= 4 is 23.3 Å². The van der Waals surface area contributed by atoms with Crippen molar-refractivity contribution in [2.75, 3.05) is 51.7 Å². The van der Waals surface area contributed by atoms with Crippen LogP contribution in [0.1, 0.15) is 0 Å². The summed E-state index contributed by atoms with van der Waals surface area (Å²) >= 11 is 5.90. The average Bonchev–Trinajstić information content (AvgIpc) is 2.90. The van der Waals surface area contributed by atoms with Crippen LogP contribution in [0.4, 0.5) is 10.5 Å². The van der Waals surface area contributed by atoms with Crippen LogP contribution in [0.25, 0.3) is 0 Å². The zero-order chi connectivity index (χ0) is 17.8. The zero-order valence-corrected chi connectivity index (χ0v) is 15.1. The van der Waals surface area contributed by atoms with Gasteiger partial charge in [-0.25, -0.2) is 4.79 Å². The topological polar surface area (TPSA) is 77.1 Å². The first-order chi connectivity index (χ1) is 12.0. The molecule has 3 unspecified atom stereocenters. The van der Waals surface area contributed by atoms with Crippen LogP contribution in [0.2, 0.25) is 5.02 Å². The highest BCUT2D eigenvalue weighted by Gasteiger charge is 2.38. The number of piperazine rings is 1. The molecule has 0 aromatic heterocycles. The van der Waals surface area contributed by atoms with E-state index in [1.165, 1.54) is 0 Å². The first-order valence-electron chi connectivity index (χ1n) is 8.55. The summed E-state index contributed by atoms with van der Waals surface area (Å²) in [6.07, 6.45) is -0.996. The molecule has 0 spiro atoms. The monoisotopic (exact) mass is 368 g/mol. The van der Waals surface area contributed by atoms with Crippen molar-refractivity contribution in [3.05, 3.63) is 29.3 Å². The lowest BCUT2D eigenvalue weighted by Gasteiger charge is -2.34. The second-order valence-electron chi connectivity index (χ2n) is 6.68. The van der Waals surface area contributed by atoms with E-state index in [1.54, 1.807) is 24.3 Å². The van der Waals surface area contributed by atoms with E-state index in [4.69, 9.17) is 16.3 Å². The number of anilines is 1. The summed E-state index contributed by atoms with van der Waals surface area (Å²) < 4.78 is 5.71. The van der Waals surface area contributed by atoms with Gasteiger partial charge in [-0.3, -0.25) is 4.90 Å². The van der Waals surface area contributed by atoms with Gasteiger partial charge in [-0.05, 0) is 25.2 Å². The Kier molecular flexibility index (Phi) is 6.14. The van der Waals surface area contributed by atoms with Gasteiger partial charge in [0.25, 0.3) is 0 Å². The summed E-state index contributed by atoms with van der Waals surface area (Å²) in [6.45, 7) is 4.97. The lowest BCUT2D eigenvalue weighted by atomic mass is 10.1. The van der Waals surface area contributed by atoms with E-state index < -0.39 is 12.1 Å². The fourth-order valence-corrected chi connectivity index (χ4v) is 3.35. The SMILES string of the molecule is CN1CCN(CC2OCC(NC(=O)Nc3cccc(Cl)c3)C2O)CC1. The fraction of sp³-hybridized carbons (Fsp3) is 0.588. The van der Waals surface area contributed by atoms with Crippen LogP contribution in [0.5, 0.6) is 0 Å². The number of benzene rings is 1. The van der Waals surface area contributed by atoms with Crippen LogP contribution in [0.3, 0.4) is 0 Å². The highest BCUT2D eigenvalue weighted by Crippen LogP contribution is 2.18.